The van der Waals surface area contributed by atoms with Gasteiger partial charge in [0.1, 0.15) is 11.9 Å². The summed E-state index contributed by atoms with van der Waals surface area (Å²) in [5.74, 6) is 0.663. The fourth-order valence-electron chi connectivity index (χ4n) is 3.21. The SMILES string of the molecule is Cc1ccc(C)c(OC2CCN(C(=O)c3cc(S(N)(=O)=O)ccc3Br)CC2)c1. The van der Waals surface area contributed by atoms with Gasteiger partial charge in [0.15, 0.2) is 0 Å². The number of carbonyl (C=O) groups is 1. The van der Waals surface area contributed by atoms with E-state index in [0.717, 1.165) is 16.9 Å². The summed E-state index contributed by atoms with van der Waals surface area (Å²) in [6.45, 7) is 5.13. The minimum atomic E-state index is -3.87. The average Bonchev–Trinajstić information content (AvgIpc) is 2.64. The zero-order valence-corrected chi connectivity index (χ0v) is 18.2. The molecule has 2 aromatic carbocycles. The van der Waals surface area contributed by atoms with Crippen molar-refractivity contribution in [3.63, 3.8) is 0 Å². The van der Waals surface area contributed by atoms with Crippen LogP contribution in [0.15, 0.2) is 45.8 Å². The van der Waals surface area contributed by atoms with Crippen LogP contribution in [-0.4, -0.2) is 38.4 Å². The molecule has 1 amide bonds. The van der Waals surface area contributed by atoms with Crippen molar-refractivity contribution < 1.29 is 17.9 Å². The van der Waals surface area contributed by atoms with Crippen LogP contribution in [0.3, 0.4) is 0 Å². The lowest BCUT2D eigenvalue weighted by molar-refractivity contribution is 0.0593. The molecule has 1 saturated heterocycles. The topological polar surface area (TPSA) is 89.7 Å². The quantitative estimate of drug-likeness (QED) is 0.747. The third kappa shape index (κ3) is 4.74. The number of amides is 1. The van der Waals surface area contributed by atoms with E-state index in [0.29, 0.717) is 36.0 Å². The van der Waals surface area contributed by atoms with Gasteiger partial charge >= 0.3 is 0 Å². The van der Waals surface area contributed by atoms with E-state index in [4.69, 9.17) is 9.88 Å². The average molecular weight is 467 g/mol. The highest BCUT2D eigenvalue weighted by atomic mass is 79.9. The third-order valence-corrected chi connectivity index (χ3v) is 6.47. The number of nitrogens with zero attached hydrogens (tertiary/aromatic N) is 1. The van der Waals surface area contributed by atoms with Crippen LogP contribution in [0.2, 0.25) is 0 Å². The van der Waals surface area contributed by atoms with Crippen molar-refractivity contribution in [3.05, 3.63) is 57.6 Å². The van der Waals surface area contributed by atoms with Gasteiger partial charge in [0.05, 0.1) is 10.5 Å². The number of aryl methyl sites for hydroxylation is 2. The lowest BCUT2D eigenvalue weighted by Crippen LogP contribution is -2.42. The van der Waals surface area contributed by atoms with Crippen molar-refractivity contribution in [3.8, 4) is 5.75 Å². The summed E-state index contributed by atoms with van der Waals surface area (Å²) in [7, 11) is -3.87. The molecule has 0 aliphatic carbocycles. The summed E-state index contributed by atoms with van der Waals surface area (Å²) < 4.78 is 29.9. The van der Waals surface area contributed by atoms with Crippen LogP contribution >= 0.6 is 15.9 Å². The van der Waals surface area contributed by atoms with Crippen molar-refractivity contribution in [1.29, 1.82) is 0 Å². The van der Waals surface area contributed by atoms with Gasteiger partial charge in [-0.05, 0) is 65.2 Å². The molecule has 0 radical (unpaired) electrons. The number of hydrogen-bond donors (Lipinski definition) is 1. The number of primary sulfonamides is 1. The second kappa shape index (κ2) is 8.23. The molecule has 1 fully saturated rings. The Bertz CT molecular complexity index is 999. The zero-order chi connectivity index (χ0) is 20.5. The molecule has 0 spiro atoms. The maximum atomic E-state index is 12.9. The summed E-state index contributed by atoms with van der Waals surface area (Å²) in [5.41, 5.74) is 2.53. The Balaban J connectivity index is 1.68. The van der Waals surface area contributed by atoms with Gasteiger partial charge < -0.3 is 9.64 Å². The van der Waals surface area contributed by atoms with Crippen LogP contribution in [0.5, 0.6) is 5.75 Å². The minimum Gasteiger partial charge on any atom is -0.490 e. The van der Waals surface area contributed by atoms with Gasteiger partial charge in [-0.1, -0.05) is 12.1 Å². The van der Waals surface area contributed by atoms with Crippen LogP contribution in [0, 0.1) is 13.8 Å². The summed E-state index contributed by atoms with van der Waals surface area (Å²) in [6, 6.07) is 10.4. The van der Waals surface area contributed by atoms with E-state index < -0.39 is 10.0 Å². The Kier molecular flexibility index (Phi) is 6.12. The smallest absolute Gasteiger partial charge is 0.255 e. The minimum absolute atomic E-state index is 0.0451. The van der Waals surface area contributed by atoms with E-state index in [1.165, 1.54) is 18.2 Å². The maximum Gasteiger partial charge on any atom is 0.255 e. The van der Waals surface area contributed by atoms with Gasteiger partial charge in [0, 0.05) is 30.4 Å². The second-order valence-corrected chi connectivity index (χ2v) is 9.48. The first-order valence-electron chi connectivity index (χ1n) is 9.00. The molecule has 150 valence electrons. The molecule has 8 heteroatoms. The van der Waals surface area contributed by atoms with Gasteiger partial charge in [0.2, 0.25) is 10.0 Å². The fraction of sp³-hybridized carbons (Fsp3) is 0.350. The van der Waals surface area contributed by atoms with Crippen LogP contribution in [0.1, 0.15) is 34.3 Å². The number of hydrogen-bond acceptors (Lipinski definition) is 4. The third-order valence-electron chi connectivity index (χ3n) is 4.86. The number of sulfonamides is 1. The lowest BCUT2D eigenvalue weighted by atomic mass is 10.1. The van der Waals surface area contributed by atoms with Gasteiger partial charge in [-0.2, -0.15) is 0 Å². The van der Waals surface area contributed by atoms with E-state index >= 15 is 0 Å². The zero-order valence-electron chi connectivity index (χ0n) is 15.8. The first kappa shape index (κ1) is 20.8. The fourth-order valence-corrected chi connectivity index (χ4v) is 4.16. The van der Waals surface area contributed by atoms with Crippen molar-refractivity contribution in [2.24, 2.45) is 5.14 Å². The Morgan fingerprint density at radius 3 is 2.46 bits per heavy atom. The summed E-state index contributed by atoms with van der Waals surface area (Å²) >= 11 is 3.33. The molecule has 0 bridgehead atoms. The molecule has 0 aromatic heterocycles. The lowest BCUT2D eigenvalue weighted by Gasteiger charge is -2.33. The highest BCUT2D eigenvalue weighted by molar-refractivity contribution is 9.10. The van der Waals surface area contributed by atoms with E-state index in [2.05, 4.69) is 22.0 Å². The highest BCUT2D eigenvalue weighted by Crippen LogP contribution is 2.26. The van der Waals surface area contributed by atoms with E-state index in [9.17, 15) is 13.2 Å². The second-order valence-electron chi connectivity index (χ2n) is 7.07. The van der Waals surface area contributed by atoms with Gasteiger partial charge in [-0.25, -0.2) is 13.6 Å². The van der Waals surface area contributed by atoms with Crippen LogP contribution in [-0.2, 0) is 10.0 Å². The van der Waals surface area contributed by atoms with Crippen molar-refractivity contribution >= 4 is 31.9 Å². The van der Waals surface area contributed by atoms with Crippen molar-refractivity contribution in [2.45, 2.75) is 37.7 Å². The summed E-state index contributed by atoms with van der Waals surface area (Å²) in [4.78, 5) is 14.5. The normalized spacial score (nSPS) is 15.5. The Morgan fingerprint density at radius 1 is 1.14 bits per heavy atom. The summed E-state index contributed by atoms with van der Waals surface area (Å²) in [5, 5.41) is 5.18. The van der Waals surface area contributed by atoms with E-state index in [1.54, 1.807) is 4.90 Å². The molecule has 28 heavy (non-hydrogen) atoms. The van der Waals surface area contributed by atoms with Gasteiger partial charge in [-0.3, -0.25) is 4.79 Å². The molecular formula is C20H23BrN2O4S. The number of piperidine rings is 1. The Labute approximate surface area is 173 Å². The number of benzene rings is 2. The number of nitrogens with two attached hydrogens (primary N) is 1. The molecule has 2 aromatic rings. The number of rotatable bonds is 4. The van der Waals surface area contributed by atoms with Gasteiger partial charge in [-0.15, -0.1) is 0 Å². The molecule has 0 saturated carbocycles. The molecule has 1 heterocycles. The molecule has 1 aliphatic rings. The maximum absolute atomic E-state index is 12.9. The van der Waals surface area contributed by atoms with Crippen LogP contribution in [0.4, 0.5) is 0 Å². The molecule has 3 rings (SSSR count). The van der Waals surface area contributed by atoms with Crippen LogP contribution in [0.25, 0.3) is 0 Å². The molecule has 2 N–H and O–H groups in total. The molecular weight excluding hydrogens is 444 g/mol. The van der Waals surface area contributed by atoms with Gasteiger partial charge in [0.25, 0.3) is 5.91 Å². The molecule has 6 nitrogen and oxygen atoms in total. The van der Waals surface area contributed by atoms with Crippen LogP contribution < -0.4 is 9.88 Å². The molecule has 1 aliphatic heterocycles. The first-order chi connectivity index (χ1) is 13.1. The molecule has 0 atom stereocenters. The Morgan fingerprint density at radius 2 is 1.82 bits per heavy atom. The van der Waals surface area contributed by atoms with E-state index in [1.807, 2.05) is 26.0 Å². The monoisotopic (exact) mass is 466 g/mol. The van der Waals surface area contributed by atoms with Crippen molar-refractivity contribution in [1.82, 2.24) is 4.90 Å². The molecule has 0 unspecified atom stereocenters. The van der Waals surface area contributed by atoms with Crippen molar-refractivity contribution in [2.75, 3.05) is 13.1 Å². The number of ether oxygens (including phenoxy) is 1. The number of carbonyl (C=O) groups excluding carboxylic acids is 1. The predicted molar refractivity (Wildman–Crippen MR) is 111 cm³/mol. The van der Waals surface area contributed by atoms with E-state index in [-0.39, 0.29) is 16.9 Å². The first-order valence-corrected chi connectivity index (χ1v) is 11.3. The number of halogens is 1. The predicted octanol–water partition coefficient (Wildman–Crippen LogP) is 3.40. The standard InChI is InChI=1S/C20H23BrN2O4S/c1-13-3-4-14(2)19(11-13)27-15-7-9-23(10-8-15)20(24)17-12-16(28(22,25)26)5-6-18(17)21/h3-6,11-12,15H,7-10H2,1-2H3,(H2,22,25,26). The largest absolute Gasteiger partial charge is 0.490 e. The summed E-state index contributed by atoms with van der Waals surface area (Å²) in [6.07, 6.45) is 1.47. The highest BCUT2D eigenvalue weighted by Gasteiger charge is 2.27. The number of likely N-dealkylation sites (tertiary alicyclic amines) is 1. The Hall–Kier alpha value is -1.90.